The quantitative estimate of drug-likeness (QED) is 0.472. The number of primary amides is 1. The molecule has 1 amide bonds. The van der Waals surface area contributed by atoms with Gasteiger partial charge in [-0.2, -0.15) is 0 Å². The van der Waals surface area contributed by atoms with Crippen molar-refractivity contribution in [1.29, 1.82) is 0 Å². The topological polar surface area (TPSA) is 78.1 Å². The summed E-state index contributed by atoms with van der Waals surface area (Å²) in [6.45, 7) is 5.67. The molecular formula is C8H18N2O. The van der Waals surface area contributed by atoms with Crippen LogP contribution in [0, 0.1) is 0 Å². The molecule has 3 nitrogen and oxygen atoms in total. The van der Waals surface area contributed by atoms with Gasteiger partial charge in [-0.25, -0.2) is 0 Å². The molecule has 0 unspecified atom stereocenters. The van der Waals surface area contributed by atoms with Crippen molar-refractivity contribution in [2.75, 3.05) is 0 Å². The predicted octanol–water partition coefficient (Wildman–Crippen LogP) is 1.77. The first-order chi connectivity index (χ1) is 4.68. The van der Waals surface area contributed by atoms with Crippen molar-refractivity contribution in [2.45, 2.75) is 32.6 Å². The zero-order valence-electron chi connectivity index (χ0n) is 7.23. The number of carbonyl (C=O) groups excluding carboxylic acids is 1. The minimum absolute atomic E-state index is 0. The summed E-state index contributed by atoms with van der Waals surface area (Å²) in [4.78, 5) is 10.4. The Morgan fingerprint density at radius 2 is 2.00 bits per heavy atom. The van der Waals surface area contributed by atoms with Crippen molar-refractivity contribution < 1.29 is 4.79 Å². The van der Waals surface area contributed by atoms with Crippen LogP contribution in [0.3, 0.4) is 0 Å². The average Bonchev–Trinajstić information content (AvgIpc) is 1.88. The highest BCUT2D eigenvalue weighted by Crippen LogP contribution is 2.05. The number of unbranched alkanes of at least 4 members (excludes halogenated alkanes) is 2. The normalized spacial score (nSPS) is 8.45. The second kappa shape index (κ2) is 7.28. The van der Waals surface area contributed by atoms with Gasteiger partial charge in [0.1, 0.15) is 0 Å². The molecule has 0 saturated heterocycles. The van der Waals surface area contributed by atoms with Crippen LogP contribution in [0.15, 0.2) is 12.2 Å². The monoisotopic (exact) mass is 158 g/mol. The minimum Gasteiger partial charge on any atom is -0.366 e. The Balaban J connectivity index is 0. The molecule has 0 atom stereocenters. The molecule has 0 heterocycles. The lowest BCUT2D eigenvalue weighted by molar-refractivity contribution is -0.114. The fraction of sp³-hybridized carbons (Fsp3) is 0.625. The number of amides is 1. The highest BCUT2D eigenvalue weighted by atomic mass is 16.1. The Labute approximate surface area is 68.2 Å². The SMILES string of the molecule is C=C(CCCCC)C(N)=O.N. The lowest BCUT2D eigenvalue weighted by atomic mass is 10.1. The molecule has 0 aromatic rings. The molecule has 0 aliphatic carbocycles. The van der Waals surface area contributed by atoms with Gasteiger partial charge in [-0.15, -0.1) is 0 Å². The third-order valence-electron chi connectivity index (χ3n) is 1.43. The number of nitrogens with two attached hydrogens (primary N) is 1. The molecule has 0 aliphatic rings. The maximum atomic E-state index is 10.4. The standard InChI is InChI=1S/C8H15NO.H3N/c1-3-4-5-6-7(2)8(9)10;/h2-6H2,1H3,(H2,9,10);1H3. The fourth-order valence-electron chi connectivity index (χ4n) is 0.712. The van der Waals surface area contributed by atoms with E-state index in [4.69, 9.17) is 5.73 Å². The highest BCUT2D eigenvalue weighted by Gasteiger charge is 1.98. The van der Waals surface area contributed by atoms with Crippen LogP contribution in [-0.2, 0) is 4.79 Å². The van der Waals surface area contributed by atoms with Crippen molar-refractivity contribution >= 4 is 5.91 Å². The molecule has 0 rings (SSSR count). The van der Waals surface area contributed by atoms with Crippen molar-refractivity contribution in [1.82, 2.24) is 6.15 Å². The van der Waals surface area contributed by atoms with Crippen LogP contribution in [0.2, 0.25) is 0 Å². The summed E-state index contributed by atoms with van der Waals surface area (Å²) in [5.41, 5.74) is 5.53. The summed E-state index contributed by atoms with van der Waals surface area (Å²) in [7, 11) is 0. The van der Waals surface area contributed by atoms with Gasteiger partial charge in [0.2, 0.25) is 5.91 Å². The first-order valence-corrected chi connectivity index (χ1v) is 3.66. The van der Waals surface area contributed by atoms with E-state index in [0.29, 0.717) is 5.57 Å². The van der Waals surface area contributed by atoms with Crippen molar-refractivity contribution in [3.05, 3.63) is 12.2 Å². The lowest BCUT2D eigenvalue weighted by Crippen LogP contribution is -2.12. The maximum Gasteiger partial charge on any atom is 0.244 e. The Bertz CT molecular complexity index is 132. The molecule has 3 heteroatoms. The van der Waals surface area contributed by atoms with E-state index in [1.54, 1.807) is 0 Å². The first kappa shape index (κ1) is 12.8. The van der Waals surface area contributed by atoms with E-state index in [1.807, 2.05) is 0 Å². The molecule has 5 N–H and O–H groups in total. The van der Waals surface area contributed by atoms with Crippen molar-refractivity contribution in [3.63, 3.8) is 0 Å². The van der Waals surface area contributed by atoms with Gasteiger partial charge in [-0.3, -0.25) is 4.79 Å². The maximum absolute atomic E-state index is 10.4. The van der Waals surface area contributed by atoms with E-state index in [-0.39, 0.29) is 12.1 Å². The highest BCUT2D eigenvalue weighted by molar-refractivity contribution is 5.91. The van der Waals surface area contributed by atoms with Gasteiger partial charge in [0.05, 0.1) is 0 Å². The third-order valence-corrected chi connectivity index (χ3v) is 1.43. The predicted molar refractivity (Wildman–Crippen MR) is 47.5 cm³/mol. The number of carbonyl (C=O) groups is 1. The smallest absolute Gasteiger partial charge is 0.244 e. The Hall–Kier alpha value is -0.830. The molecule has 0 saturated carbocycles. The van der Waals surface area contributed by atoms with Crippen LogP contribution < -0.4 is 11.9 Å². The van der Waals surface area contributed by atoms with Gasteiger partial charge >= 0.3 is 0 Å². The molecule has 0 aromatic carbocycles. The molecule has 0 aliphatic heterocycles. The van der Waals surface area contributed by atoms with E-state index in [2.05, 4.69) is 13.5 Å². The summed E-state index contributed by atoms with van der Waals surface area (Å²) in [5, 5.41) is 0. The van der Waals surface area contributed by atoms with E-state index in [0.717, 1.165) is 25.7 Å². The van der Waals surface area contributed by atoms with E-state index in [9.17, 15) is 4.79 Å². The van der Waals surface area contributed by atoms with Gasteiger partial charge in [0.15, 0.2) is 0 Å². The first-order valence-electron chi connectivity index (χ1n) is 3.66. The molecule has 11 heavy (non-hydrogen) atoms. The van der Waals surface area contributed by atoms with Gasteiger partial charge in [-0.1, -0.05) is 26.3 Å². The second-order valence-electron chi connectivity index (χ2n) is 2.42. The Morgan fingerprint density at radius 3 is 2.36 bits per heavy atom. The van der Waals surface area contributed by atoms with Crippen LogP contribution >= 0.6 is 0 Å². The second-order valence-corrected chi connectivity index (χ2v) is 2.42. The number of rotatable bonds is 5. The molecule has 0 spiro atoms. The molecular weight excluding hydrogens is 140 g/mol. The van der Waals surface area contributed by atoms with Crippen LogP contribution in [0.4, 0.5) is 0 Å². The van der Waals surface area contributed by atoms with E-state index < -0.39 is 0 Å². The third kappa shape index (κ3) is 7.06. The summed E-state index contributed by atoms with van der Waals surface area (Å²) >= 11 is 0. The van der Waals surface area contributed by atoms with Crippen LogP contribution in [0.5, 0.6) is 0 Å². The molecule has 0 radical (unpaired) electrons. The summed E-state index contributed by atoms with van der Waals surface area (Å²) < 4.78 is 0. The number of hydrogen-bond donors (Lipinski definition) is 2. The summed E-state index contributed by atoms with van der Waals surface area (Å²) in [6, 6.07) is 0. The van der Waals surface area contributed by atoms with Crippen LogP contribution in [0.1, 0.15) is 32.6 Å². The van der Waals surface area contributed by atoms with Crippen LogP contribution in [0.25, 0.3) is 0 Å². The average molecular weight is 158 g/mol. The Morgan fingerprint density at radius 1 is 1.45 bits per heavy atom. The van der Waals surface area contributed by atoms with Crippen molar-refractivity contribution in [2.24, 2.45) is 5.73 Å². The van der Waals surface area contributed by atoms with Gasteiger partial charge in [0, 0.05) is 5.57 Å². The zero-order chi connectivity index (χ0) is 7.98. The molecule has 0 aromatic heterocycles. The van der Waals surface area contributed by atoms with Gasteiger partial charge < -0.3 is 11.9 Å². The fourth-order valence-corrected chi connectivity index (χ4v) is 0.712. The van der Waals surface area contributed by atoms with Crippen molar-refractivity contribution in [3.8, 4) is 0 Å². The Kier molecular flexibility index (Phi) is 8.48. The van der Waals surface area contributed by atoms with E-state index in [1.165, 1.54) is 0 Å². The molecule has 66 valence electrons. The summed E-state index contributed by atoms with van der Waals surface area (Å²) in [6.07, 6.45) is 4.08. The van der Waals surface area contributed by atoms with Gasteiger partial charge in [-0.05, 0) is 12.8 Å². The largest absolute Gasteiger partial charge is 0.366 e. The molecule has 0 bridgehead atoms. The van der Waals surface area contributed by atoms with Crippen LogP contribution in [-0.4, -0.2) is 5.91 Å². The van der Waals surface area contributed by atoms with Gasteiger partial charge in [0.25, 0.3) is 0 Å². The lowest BCUT2D eigenvalue weighted by Gasteiger charge is -1.98. The molecule has 0 fully saturated rings. The summed E-state index contributed by atoms with van der Waals surface area (Å²) in [5.74, 6) is -0.365. The zero-order valence-corrected chi connectivity index (χ0v) is 7.23. The minimum atomic E-state index is -0.365. The number of hydrogen-bond acceptors (Lipinski definition) is 2. The van der Waals surface area contributed by atoms with E-state index >= 15 is 0 Å².